The number of halogens is 1. The summed E-state index contributed by atoms with van der Waals surface area (Å²) in [6.07, 6.45) is 0. The van der Waals surface area contributed by atoms with Crippen LogP contribution >= 0.6 is 24.2 Å². The summed E-state index contributed by atoms with van der Waals surface area (Å²) in [4.78, 5) is 15.1. The second kappa shape index (κ2) is 8.66. The van der Waals surface area contributed by atoms with Crippen molar-refractivity contribution >= 4 is 30.1 Å². The predicted molar refractivity (Wildman–Crippen MR) is 94.4 cm³/mol. The molecule has 0 atom stereocenters. The van der Waals surface area contributed by atoms with Gasteiger partial charge in [0.05, 0.1) is 5.75 Å². The Hall–Kier alpha value is -0.710. The number of nitrogens with two attached hydrogens (primary N) is 1. The molecule has 1 amide bonds. The van der Waals surface area contributed by atoms with Crippen LogP contribution in [0.1, 0.15) is 25.0 Å². The van der Waals surface area contributed by atoms with Crippen molar-refractivity contribution in [2.24, 2.45) is 11.1 Å². The van der Waals surface area contributed by atoms with Crippen LogP contribution in [0.4, 0.5) is 0 Å². The first kappa shape index (κ1) is 20.3. The summed E-state index contributed by atoms with van der Waals surface area (Å²) in [6.45, 7) is 9.57. The topological polar surface area (TPSA) is 46.3 Å². The van der Waals surface area contributed by atoms with Gasteiger partial charge < -0.3 is 10.6 Å². The molecule has 2 N–H and O–H groups in total. The lowest BCUT2D eigenvalue weighted by molar-refractivity contribution is -0.128. The number of carbonyl (C=O) groups is 1. The highest BCUT2D eigenvalue weighted by atomic mass is 35.5. The number of nitrogens with zero attached hydrogens (tertiary/aromatic N) is 1. The van der Waals surface area contributed by atoms with Crippen LogP contribution in [0, 0.1) is 19.3 Å². The quantitative estimate of drug-likeness (QED) is 0.814. The van der Waals surface area contributed by atoms with Gasteiger partial charge in [0.2, 0.25) is 5.91 Å². The SMILES string of the molecule is Cc1ccc(C)c(SCC(=O)N(C)CC(C)(C)CN)c1.Cl. The van der Waals surface area contributed by atoms with Gasteiger partial charge in [0.1, 0.15) is 0 Å². The van der Waals surface area contributed by atoms with E-state index in [-0.39, 0.29) is 23.7 Å². The van der Waals surface area contributed by atoms with Crippen molar-refractivity contribution < 1.29 is 4.79 Å². The second-order valence-electron chi connectivity index (χ2n) is 6.18. The highest BCUT2D eigenvalue weighted by Gasteiger charge is 2.21. The molecule has 5 heteroatoms. The lowest BCUT2D eigenvalue weighted by Crippen LogP contribution is -2.40. The molecule has 0 aliphatic rings. The molecule has 0 aromatic heterocycles. The first-order valence-electron chi connectivity index (χ1n) is 6.89. The van der Waals surface area contributed by atoms with Gasteiger partial charge in [0.25, 0.3) is 0 Å². The molecular formula is C16H27ClN2OS. The van der Waals surface area contributed by atoms with E-state index >= 15 is 0 Å². The van der Waals surface area contributed by atoms with Crippen molar-refractivity contribution in [3.63, 3.8) is 0 Å². The third kappa shape index (κ3) is 6.72. The van der Waals surface area contributed by atoms with Gasteiger partial charge in [-0.15, -0.1) is 24.2 Å². The summed E-state index contributed by atoms with van der Waals surface area (Å²) in [5.41, 5.74) is 8.13. The molecule has 0 unspecified atom stereocenters. The van der Waals surface area contributed by atoms with Gasteiger partial charge in [0.15, 0.2) is 0 Å². The number of carbonyl (C=O) groups excluding carboxylic acids is 1. The molecule has 0 aliphatic heterocycles. The molecular weight excluding hydrogens is 304 g/mol. The van der Waals surface area contributed by atoms with Gasteiger partial charge in [-0.25, -0.2) is 0 Å². The van der Waals surface area contributed by atoms with Gasteiger partial charge >= 0.3 is 0 Å². The van der Waals surface area contributed by atoms with Crippen molar-refractivity contribution in [1.82, 2.24) is 4.90 Å². The third-order valence-electron chi connectivity index (χ3n) is 3.34. The molecule has 0 radical (unpaired) electrons. The van der Waals surface area contributed by atoms with Crippen molar-refractivity contribution in [3.8, 4) is 0 Å². The zero-order valence-electron chi connectivity index (χ0n) is 13.6. The minimum Gasteiger partial charge on any atom is -0.344 e. The smallest absolute Gasteiger partial charge is 0.232 e. The normalized spacial score (nSPS) is 11.0. The number of rotatable bonds is 6. The maximum absolute atomic E-state index is 12.2. The van der Waals surface area contributed by atoms with E-state index in [1.807, 2.05) is 7.05 Å². The Morgan fingerprint density at radius 2 is 1.95 bits per heavy atom. The van der Waals surface area contributed by atoms with Gasteiger partial charge in [-0.1, -0.05) is 31.5 Å². The molecule has 120 valence electrons. The number of hydrogen-bond acceptors (Lipinski definition) is 3. The second-order valence-corrected chi connectivity index (χ2v) is 7.19. The molecule has 0 bridgehead atoms. The maximum atomic E-state index is 12.2. The maximum Gasteiger partial charge on any atom is 0.232 e. The fourth-order valence-corrected chi connectivity index (χ4v) is 2.97. The van der Waals surface area contributed by atoms with Crippen LogP contribution in [-0.4, -0.2) is 36.7 Å². The zero-order valence-corrected chi connectivity index (χ0v) is 15.2. The van der Waals surface area contributed by atoms with Crippen molar-refractivity contribution in [2.45, 2.75) is 32.6 Å². The van der Waals surface area contributed by atoms with Crippen molar-refractivity contribution in [3.05, 3.63) is 29.3 Å². The molecule has 0 heterocycles. The highest BCUT2D eigenvalue weighted by Crippen LogP contribution is 2.24. The van der Waals surface area contributed by atoms with Crippen LogP contribution in [-0.2, 0) is 4.79 Å². The molecule has 0 saturated heterocycles. The molecule has 0 aliphatic carbocycles. The highest BCUT2D eigenvalue weighted by molar-refractivity contribution is 8.00. The third-order valence-corrected chi connectivity index (χ3v) is 4.48. The lowest BCUT2D eigenvalue weighted by Gasteiger charge is -2.29. The minimum absolute atomic E-state index is 0. The Bertz CT molecular complexity index is 477. The molecule has 1 aromatic rings. The molecule has 3 nitrogen and oxygen atoms in total. The number of aryl methyl sites for hydroxylation is 2. The van der Waals surface area contributed by atoms with E-state index in [4.69, 9.17) is 5.73 Å². The largest absolute Gasteiger partial charge is 0.344 e. The molecule has 0 fully saturated rings. The van der Waals surface area contributed by atoms with Gasteiger partial charge in [0, 0.05) is 18.5 Å². The summed E-state index contributed by atoms with van der Waals surface area (Å²) in [5, 5.41) is 0. The average molecular weight is 331 g/mol. The van der Waals surface area contributed by atoms with Crippen LogP contribution in [0.2, 0.25) is 0 Å². The van der Waals surface area contributed by atoms with E-state index in [0.29, 0.717) is 18.8 Å². The van der Waals surface area contributed by atoms with E-state index in [1.54, 1.807) is 16.7 Å². The van der Waals surface area contributed by atoms with Crippen LogP contribution in [0.25, 0.3) is 0 Å². The Balaban J connectivity index is 0.00000400. The van der Waals surface area contributed by atoms with E-state index in [1.165, 1.54) is 16.0 Å². The summed E-state index contributed by atoms with van der Waals surface area (Å²) >= 11 is 1.61. The first-order valence-corrected chi connectivity index (χ1v) is 7.88. The fourth-order valence-electron chi connectivity index (χ4n) is 1.91. The van der Waals surface area contributed by atoms with Crippen molar-refractivity contribution in [2.75, 3.05) is 25.9 Å². The fraction of sp³-hybridized carbons (Fsp3) is 0.562. The number of amides is 1. The molecule has 1 rings (SSSR count). The summed E-state index contributed by atoms with van der Waals surface area (Å²) in [6, 6.07) is 6.33. The Kier molecular flexibility index (Phi) is 8.37. The van der Waals surface area contributed by atoms with Crippen LogP contribution in [0.15, 0.2) is 23.1 Å². The van der Waals surface area contributed by atoms with Gasteiger partial charge in [-0.05, 0) is 37.4 Å². The summed E-state index contributed by atoms with van der Waals surface area (Å²) in [7, 11) is 1.85. The van der Waals surface area contributed by atoms with E-state index in [2.05, 4.69) is 45.9 Å². The lowest BCUT2D eigenvalue weighted by atomic mass is 9.93. The van der Waals surface area contributed by atoms with Crippen LogP contribution in [0.5, 0.6) is 0 Å². The Morgan fingerprint density at radius 3 is 2.52 bits per heavy atom. The number of benzene rings is 1. The Morgan fingerprint density at radius 1 is 1.33 bits per heavy atom. The molecule has 0 saturated carbocycles. The molecule has 0 spiro atoms. The van der Waals surface area contributed by atoms with E-state index in [9.17, 15) is 4.79 Å². The molecule has 1 aromatic carbocycles. The number of thioether (sulfide) groups is 1. The monoisotopic (exact) mass is 330 g/mol. The van der Waals surface area contributed by atoms with E-state index < -0.39 is 0 Å². The van der Waals surface area contributed by atoms with Crippen molar-refractivity contribution in [1.29, 1.82) is 0 Å². The van der Waals surface area contributed by atoms with Crippen LogP contribution < -0.4 is 5.73 Å². The standard InChI is InChI=1S/C16H26N2OS.ClH/c1-12-6-7-13(2)14(8-12)20-9-15(19)18(5)11-16(3,4)10-17;/h6-8H,9-11,17H2,1-5H3;1H. The number of hydrogen-bond donors (Lipinski definition) is 1. The van der Waals surface area contributed by atoms with E-state index in [0.717, 1.165) is 0 Å². The zero-order chi connectivity index (χ0) is 15.3. The average Bonchev–Trinajstić information content (AvgIpc) is 2.39. The molecule has 21 heavy (non-hydrogen) atoms. The van der Waals surface area contributed by atoms with Gasteiger partial charge in [-0.3, -0.25) is 4.79 Å². The Labute approximate surface area is 139 Å². The first-order chi connectivity index (χ1) is 9.25. The minimum atomic E-state index is -0.0334. The van der Waals surface area contributed by atoms with Crippen LogP contribution in [0.3, 0.4) is 0 Å². The van der Waals surface area contributed by atoms with Gasteiger partial charge in [-0.2, -0.15) is 0 Å². The summed E-state index contributed by atoms with van der Waals surface area (Å²) in [5.74, 6) is 0.624. The predicted octanol–water partition coefficient (Wildman–Crippen LogP) is 3.26. The summed E-state index contributed by atoms with van der Waals surface area (Å²) < 4.78 is 0.